The van der Waals surface area contributed by atoms with E-state index < -0.39 is 24.7 Å². The Morgan fingerprint density at radius 2 is 1.90 bits per heavy atom. The lowest BCUT2D eigenvalue weighted by atomic mass is 10.1. The SMILES string of the molecule is CCC(=O)Nc1nc(C)cc(C(C)NC(=O)c2cnc(OCC(F)(F)F)c(C)c2)n1. The highest BCUT2D eigenvalue weighted by Gasteiger charge is 2.29. The molecule has 0 radical (unpaired) electrons. The van der Waals surface area contributed by atoms with E-state index in [1.165, 1.54) is 13.0 Å². The zero-order valence-electron chi connectivity index (χ0n) is 16.9. The normalized spacial score (nSPS) is 12.2. The fourth-order valence-corrected chi connectivity index (χ4v) is 2.43. The third kappa shape index (κ3) is 6.68. The number of hydrogen-bond acceptors (Lipinski definition) is 6. The minimum Gasteiger partial charge on any atom is -0.468 e. The van der Waals surface area contributed by atoms with Gasteiger partial charge >= 0.3 is 6.18 Å². The van der Waals surface area contributed by atoms with Crippen molar-refractivity contribution in [1.82, 2.24) is 20.3 Å². The van der Waals surface area contributed by atoms with Crippen molar-refractivity contribution in [3.05, 3.63) is 40.8 Å². The smallest absolute Gasteiger partial charge is 0.422 e. The summed E-state index contributed by atoms with van der Waals surface area (Å²) in [7, 11) is 0. The molecule has 1 unspecified atom stereocenters. The Hall–Kier alpha value is -3.24. The Morgan fingerprint density at radius 3 is 2.50 bits per heavy atom. The topological polar surface area (TPSA) is 106 Å². The Balaban J connectivity index is 2.10. The first-order chi connectivity index (χ1) is 14.0. The number of aryl methyl sites for hydroxylation is 2. The van der Waals surface area contributed by atoms with Gasteiger partial charge in [-0.15, -0.1) is 0 Å². The fraction of sp³-hybridized carbons (Fsp3) is 0.421. The maximum atomic E-state index is 12.5. The second-order valence-corrected chi connectivity index (χ2v) is 6.60. The highest BCUT2D eigenvalue weighted by Crippen LogP contribution is 2.21. The van der Waals surface area contributed by atoms with Gasteiger partial charge in [0.15, 0.2) is 6.61 Å². The van der Waals surface area contributed by atoms with Crippen molar-refractivity contribution >= 4 is 17.8 Å². The Kier molecular flexibility index (Phi) is 7.30. The number of aromatic nitrogens is 3. The van der Waals surface area contributed by atoms with Crippen LogP contribution in [0.5, 0.6) is 5.88 Å². The van der Waals surface area contributed by atoms with Gasteiger partial charge in [-0.2, -0.15) is 13.2 Å². The van der Waals surface area contributed by atoms with Crippen LogP contribution in [-0.2, 0) is 4.79 Å². The summed E-state index contributed by atoms with van der Waals surface area (Å²) < 4.78 is 41.5. The molecule has 0 spiro atoms. The molecule has 2 aromatic rings. The summed E-state index contributed by atoms with van der Waals surface area (Å²) in [6.07, 6.45) is -3.07. The van der Waals surface area contributed by atoms with Crippen molar-refractivity contribution in [3.8, 4) is 5.88 Å². The number of anilines is 1. The van der Waals surface area contributed by atoms with E-state index >= 15 is 0 Å². The highest BCUT2D eigenvalue weighted by molar-refractivity contribution is 5.94. The molecule has 2 N–H and O–H groups in total. The summed E-state index contributed by atoms with van der Waals surface area (Å²) in [6, 6.07) is 2.53. The first-order valence-electron chi connectivity index (χ1n) is 9.11. The highest BCUT2D eigenvalue weighted by atomic mass is 19.4. The number of rotatable bonds is 7. The van der Waals surface area contributed by atoms with E-state index in [-0.39, 0.29) is 29.7 Å². The molecule has 0 aliphatic rings. The standard InChI is InChI=1S/C19H22F3N5O3/c1-5-15(28)27-18-24-11(3)7-14(26-18)12(4)25-16(29)13-6-10(2)17(23-8-13)30-9-19(20,21)22/h6-8,12H,5,9H2,1-4H3,(H,25,29)(H,24,26,27,28). The van der Waals surface area contributed by atoms with E-state index in [4.69, 9.17) is 0 Å². The van der Waals surface area contributed by atoms with Crippen molar-refractivity contribution in [3.63, 3.8) is 0 Å². The van der Waals surface area contributed by atoms with Crippen molar-refractivity contribution in [2.24, 2.45) is 0 Å². The van der Waals surface area contributed by atoms with E-state index in [1.807, 2.05) is 0 Å². The summed E-state index contributed by atoms with van der Waals surface area (Å²) in [6.45, 7) is 5.16. The summed E-state index contributed by atoms with van der Waals surface area (Å²) in [5, 5.41) is 5.31. The van der Waals surface area contributed by atoms with E-state index in [1.54, 1.807) is 26.8 Å². The number of alkyl halides is 3. The van der Waals surface area contributed by atoms with Gasteiger partial charge in [0.25, 0.3) is 5.91 Å². The van der Waals surface area contributed by atoms with Crippen LogP contribution >= 0.6 is 0 Å². The maximum Gasteiger partial charge on any atom is 0.422 e. The Labute approximate surface area is 171 Å². The molecule has 0 aliphatic carbocycles. The summed E-state index contributed by atoms with van der Waals surface area (Å²) in [5.41, 5.74) is 1.54. The minimum atomic E-state index is -4.48. The number of amides is 2. The number of carbonyl (C=O) groups excluding carboxylic acids is 2. The molecule has 2 heterocycles. The van der Waals surface area contributed by atoms with E-state index in [0.29, 0.717) is 17.0 Å². The van der Waals surface area contributed by atoms with Crippen LogP contribution in [0.1, 0.15) is 53.6 Å². The lowest BCUT2D eigenvalue weighted by Gasteiger charge is -2.16. The van der Waals surface area contributed by atoms with Gasteiger partial charge in [-0.1, -0.05) is 6.92 Å². The summed E-state index contributed by atoms with van der Waals surface area (Å²) >= 11 is 0. The van der Waals surface area contributed by atoms with Crippen molar-refractivity contribution in [2.75, 3.05) is 11.9 Å². The van der Waals surface area contributed by atoms with E-state index in [2.05, 4.69) is 30.3 Å². The number of nitrogens with zero attached hydrogens (tertiary/aromatic N) is 3. The van der Waals surface area contributed by atoms with Gasteiger partial charge in [-0.05, 0) is 32.9 Å². The predicted octanol–water partition coefficient (Wildman–Crippen LogP) is 3.27. The predicted molar refractivity (Wildman–Crippen MR) is 102 cm³/mol. The average molecular weight is 425 g/mol. The molecule has 162 valence electrons. The van der Waals surface area contributed by atoms with E-state index in [9.17, 15) is 22.8 Å². The van der Waals surface area contributed by atoms with Gasteiger partial charge in [-0.25, -0.2) is 15.0 Å². The molecule has 0 saturated carbocycles. The van der Waals surface area contributed by atoms with Crippen LogP contribution < -0.4 is 15.4 Å². The van der Waals surface area contributed by atoms with E-state index in [0.717, 1.165) is 6.20 Å². The van der Waals surface area contributed by atoms with Gasteiger partial charge < -0.3 is 10.1 Å². The Bertz CT molecular complexity index is 934. The summed E-state index contributed by atoms with van der Waals surface area (Å²) in [4.78, 5) is 36.3. The zero-order valence-corrected chi connectivity index (χ0v) is 16.9. The molecule has 1 atom stereocenters. The van der Waals surface area contributed by atoms with Gasteiger partial charge in [0, 0.05) is 23.9 Å². The van der Waals surface area contributed by atoms with Crippen molar-refractivity contribution < 1.29 is 27.5 Å². The molecule has 0 fully saturated rings. The minimum absolute atomic E-state index is 0.140. The molecule has 2 rings (SSSR count). The first kappa shape index (κ1) is 23.0. The molecule has 2 aromatic heterocycles. The van der Waals surface area contributed by atoms with Crippen LogP contribution in [0.2, 0.25) is 0 Å². The van der Waals surface area contributed by atoms with Crippen LogP contribution in [0.15, 0.2) is 18.3 Å². The number of nitrogens with one attached hydrogen (secondary N) is 2. The molecule has 8 nitrogen and oxygen atoms in total. The van der Waals surface area contributed by atoms with Gasteiger partial charge in [-0.3, -0.25) is 14.9 Å². The quantitative estimate of drug-likeness (QED) is 0.705. The summed E-state index contributed by atoms with van der Waals surface area (Å²) in [5.74, 6) is -0.783. The van der Waals surface area contributed by atoms with Gasteiger partial charge in [0.05, 0.1) is 17.3 Å². The number of ether oxygens (including phenoxy) is 1. The van der Waals surface area contributed by atoms with Crippen molar-refractivity contribution in [2.45, 2.75) is 46.3 Å². The largest absolute Gasteiger partial charge is 0.468 e. The lowest BCUT2D eigenvalue weighted by Crippen LogP contribution is -2.28. The zero-order chi connectivity index (χ0) is 22.5. The van der Waals surface area contributed by atoms with Crippen LogP contribution in [0.4, 0.5) is 19.1 Å². The molecule has 0 saturated heterocycles. The van der Waals surface area contributed by atoms with Gasteiger partial charge in [0.2, 0.25) is 17.7 Å². The first-order valence-corrected chi connectivity index (χ1v) is 9.11. The number of hydrogen-bond donors (Lipinski definition) is 2. The fourth-order valence-electron chi connectivity index (χ4n) is 2.43. The maximum absolute atomic E-state index is 12.5. The molecule has 2 amide bonds. The third-order valence-corrected chi connectivity index (χ3v) is 3.90. The number of carbonyl (C=O) groups is 2. The molecule has 30 heavy (non-hydrogen) atoms. The molecule has 11 heteroatoms. The number of halogens is 3. The van der Waals surface area contributed by atoms with Crippen molar-refractivity contribution in [1.29, 1.82) is 0 Å². The molecular weight excluding hydrogens is 403 g/mol. The molecular formula is C19H22F3N5O3. The Morgan fingerprint density at radius 1 is 1.20 bits per heavy atom. The molecule has 0 aliphatic heterocycles. The number of pyridine rings is 1. The molecule has 0 aromatic carbocycles. The lowest BCUT2D eigenvalue weighted by molar-refractivity contribution is -0.154. The van der Waals surface area contributed by atoms with Gasteiger partial charge in [0.1, 0.15) is 0 Å². The average Bonchev–Trinajstić information content (AvgIpc) is 2.65. The van der Waals surface area contributed by atoms with Crippen LogP contribution in [0.3, 0.4) is 0 Å². The molecule has 0 bridgehead atoms. The second-order valence-electron chi connectivity index (χ2n) is 6.60. The monoisotopic (exact) mass is 425 g/mol. The van der Waals surface area contributed by atoms with Crippen LogP contribution in [-0.4, -0.2) is 39.5 Å². The third-order valence-electron chi connectivity index (χ3n) is 3.90. The van der Waals surface area contributed by atoms with Crippen LogP contribution in [0.25, 0.3) is 0 Å². The second kappa shape index (κ2) is 9.51. The van der Waals surface area contributed by atoms with Crippen LogP contribution in [0, 0.1) is 13.8 Å².